The molecule has 0 bridgehead atoms. The summed E-state index contributed by atoms with van der Waals surface area (Å²) in [5.41, 5.74) is 3.50. The molecule has 0 unspecified atom stereocenters. The highest BCUT2D eigenvalue weighted by atomic mass is 16.5. The number of pyridine rings is 3. The average molecular weight is 626 g/mol. The number of carbonyl (C=O) groups is 2. The molecule has 5 heterocycles. The van der Waals surface area contributed by atoms with Crippen LogP contribution < -0.4 is 28.7 Å². The van der Waals surface area contributed by atoms with E-state index in [9.17, 15) is 0 Å². The fraction of sp³-hybridized carbons (Fsp3) is 0.194. The van der Waals surface area contributed by atoms with Crippen LogP contribution in [-0.2, 0) is 10.2 Å². The lowest BCUT2D eigenvalue weighted by atomic mass is 9.59. The highest BCUT2D eigenvalue weighted by molar-refractivity contribution is 6.39. The van der Waals surface area contributed by atoms with E-state index in [0.29, 0.717) is 83.9 Å². The van der Waals surface area contributed by atoms with E-state index in [-0.39, 0.29) is 5.75 Å². The van der Waals surface area contributed by atoms with Gasteiger partial charge in [0.15, 0.2) is 34.2 Å². The number of para-hydroxylation sites is 1. The highest BCUT2D eigenvalue weighted by Gasteiger charge is 2.62. The second-order valence-electron chi connectivity index (χ2n) is 11.8. The lowest BCUT2D eigenvalue weighted by Gasteiger charge is -2.46. The van der Waals surface area contributed by atoms with Crippen LogP contribution in [0.2, 0.25) is 0 Å². The van der Waals surface area contributed by atoms with E-state index in [2.05, 4.69) is 0 Å². The molecule has 9 rings (SSSR count). The van der Waals surface area contributed by atoms with Gasteiger partial charge in [0, 0.05) is 64.9 Å². The number of amides is 1. The summed E-state index contributed by atoms with van der Waals surface area (Å²) < 4.78 is 23.9. The molecule has 232 valence electrons. The van der Waals surface area contributed by atoms with Crippen LogP contribution in [0.5, 0.6) is 23.0 Å². The van der Waals surface area contributed by atoms with Crippen LogP contribution in [0.15, 0.2) is 54.9 Å². The van der Waals surface area contributed by atoms with Gasteiger partial charge < -0.3 is 28.7 Å². The first-order valence-electron chi connectivity index (χ1n) is 15.0. The SMILES string of the molecule is COc1cc2c3c(ccnc3c1OC)N(C)C(=O)[C@@]21C(=O)c2c3c(nc4ccccc24)N(C)c2ccnc4c(OC)c(OC)c1c-3c24. The minimum atomic E-state index is -1.96. The van der Waals surface area contributed by atoms with Gasteiger partial charge in [-0.2, -0.15) is 0 Å². The third kappa shape index (κ3) is 2.91. The van der Waals surface area contributed by atoms with Crippen LogP contribution in [0.25, 0.3) is 43.8 Å². The van der Waals surface area contributed by atoms with Crippen molar-refractivity contribution in [3.8, 4) is 34.1 Å². The smallest absolute Gasteiger partial charge is 0.250 e. The number of ether oxygens (including phenoxy) is 4. The normalized spacial score (nSPS) is 17.2. The summed E-state index contributed by atoms with van der Waals surface area (Å²) in [6.45, 7) is 0. The number of likely N-dealkylation sites (N-methyl/N-ethyl adjacent to an activating group) is 1. The first-order valence-corrected chi connectivity index (χ1v) is 15.0. The summed E-state index contributed by atoms with van der Waals surface area (Å²) >= 11 is 0. The van der Waals surface area contributed by atoms with Crippen molar-refractivity contribution >= 4 is 61.6 Å². The van der Waals surface area contributed by atoms with Crippen molar-refractivity contribution in [1.82, 2.24) is 15.0 Å². The maximum atomic E-state index is 15.9. The molecular weight excluding hydrogens is 598 g/mol. The Bertz CT molecular complexity index is 2460. The largest absolute Gasteiger partial charge is 0.493 e. The van der Waals surface area contributed by atoms with Crippen molar-refractivity contribution in [2.45, 2.75) is 5.41 Å². The average Bonchev–Trinajstić information content (AvgIpc) is 3.10. The number of Topliss-reactive ketones (excluding diaryl/α,β-unsaturated/α-hetero) is 1. The van der Waals surface area contributed by atoms with Gasteiger partial charge in [0.05, 0.1) is 45.3 Å². The fourth-order valence-corrected chi connectivity index (χ4v) is 8.07. The minimum Gasteiger partial charge on any atom is -0.493 e. The van der Waals surface area contributed by atoms with Gasteiger partial charge in [0.1, 0.15) is 16.9 Å². The Kier molecular flexibility index (Phi) is 5.27. The molecule has 1 atom stereocenters. The molecule has 6 aromatic rings. The number of nitrogens with zero attached hydrogens (tertiary/aromatic N) is 5. The van der Waals surface area contributed by atoms with Crippen molar-refractivity contribution in [2.24, 2.45) is 0 Å². The Morgan fingerprint density at radius 1 is 0.702 bits per heavy atom. The Morgan fingerprint density at radius 3 is 2.04 bits per heavy atom. The first-order chi connectivity index (χ1) is 22.8. The second kappa shape index (κ2) is 9.06. The molecular formula is C36H27N5O6. The molecule has 0 N–H and O–H groups in total. The van der Waals surface area contributed by atoms with Gasteiger partial charge >= 0.3 is 0 Å². The lowest BCUT2D eigenvalue weighted by molar-refractivity contribution is -0.121. The van der Waals surface area contributed by atoms with Gasteiger partial charge in [-0.25, -0.2) is 4.98 Å². The summed E-state index contributed by atoms with van der Waals surface area (Å²) in [7, 11) is 9.69. The van der Waals surface area contributed by atoms with Crippen LogP contribution in [0.4, 0.5) is 17.2 Å². The fourth-order valence-electron chi connectivity index (χ4n) is 8.07. The molecule has 1 amide bonds. The molecule has 0 fully saturated rings. The van der Waals surface area contributed by atoms with E-state index >= 15 is 9.59 Å². The second-order valence-corrected chi connectivity index (χ2v) is 11.8. The summed E-state index contributed by atoms with van der Waals surface area (Å²) in [6.07, 6.45) is 3.32. The highest BCUT2D eigenvalue weighted by Crippen LogP contribution is 2.64. The van der Waals surface area contributed by atoms with Crippen LogP contribution >= 0.6 is 0 Å². The summed E-state index contributed by atoms with van der Waals surface area (Å²) in [5, 5.41) is 1.95. The van der Waals surface area contributed by atoms with E-state index in [4.69, 9.17) is 33.9 Å². The number of ketones is 1. The van der Waals surface area contributed by atoms with E-state index in [1.807, 2.05) is 42.3 Å². The monoisotopic (exact) mass is 625 g/mol. The lowest BCUT2D eigenvalue weighted by Crippen LogP contribution is -2.56. The van der Waals surface area contributed by atoms with Gasteiger partial charge in [0.2, 0.25) is 5.91 Å². The summed E-state index contributed by atoms with van der Waals surface area (Å²) in [4.78, 5) is 49.4. The number of fused-ring (bicyclic) bond motifs is 4. The van der Waals surface area contributed by atoms with Crippen molar-refractivity contribution in [2.75, 3.05) is 52.3 Å². The standard InChI is InChI=1S/C36H27N5O6/c1-40-20-12-14-38-29-24(20)25-26-22(16-9-7-8-10-18(16)39-34(26)40)33(42)36(27(25)31(46-5)32(29)47-6)17-15-21(44-3)30(45-4)28-23(17)19(11-13-37-28)41(2)35(36)43/h7-15H,1-6H3/t36-/m0/s1. The molecule has 2 aliphatic heterocycles. The number of benzene rings is 3. The summed E-state index contributed by atoms with van der Waals surface area (Å²) in [5.74, 6) is 0.990. The van der Waals surface area contributed by atoms with Gasteiger partial charge in [-0.15, -0.1) is 0 Å². The van der Waals surface area contributed by atoms with Gasteiger partial charge in [0.25, 0.3) is 0 Å². The maximum absolute atomic E-state index is 15.9. The molecule has 0 saturated carbocycles. The number of carbonyl (C=O) groups excluding carboxylic acids is 2. The summed E-state index contributed by atoms with van der Waals surface area (Å²) in [6, 6.07) is 12.9. The van der Waals surface area contributed by atoms with Crippen molar-refractivity contribution in [3.63, 3.8) is 0 Å². The van der Waals surface area contributed by atoms with Crippen LogP contribution in [0.3, 0.4) is 0 Å². The Hall–Kier alpha value is -5.97. The van der Waals surface area contributed by atoms with Crippen LogP contribution in [0.1, 0.15) is 21.5 Å². The number of anilines is 3. The zero-order valence-corrected chi connectivity index (χ0v) is 26.4. The van der Waals surface area contributed by atoms with Gasteiger partial charge in [-0.05, 0) is 29.8 Å². The molecule has 3 aromatic carbocycles. The molecule has 11 nitrogen and oxygen atoms in total. The minimum absolute atomic E-state index is 0.235. The van der Waals surface area contributed by atoms with Crippen molar-refractivity contribution in [1.29, 1.82) is 0 Å². The van der Waals surface area contributed by atoms with Crippen molar-refractivity contribution in [3.05, 3.63) is 71.5 Å². The molecule has 11 heteroatoms. The quantitative estimate of drug-likeness (QED) is 0.230. The van der Waals surface area contributed by atoms with Crippen LogP contribution in [0, 0.1) is 0 Å². The molecule has 1 aliphatic carbocycles. The maximum Gasteiger partial charge on any atom is 0.250 e. The molecule has 47 heavy (non-hydrogen) atoms. The zero-order chi connectivity index (χ0) is 32.5. The van der Waals surface area contributed by atoms with Gasteiger partial charge in [-0.1, -0.05) is 18.2 Å². The topological polar surface area (TPSA) is 116 Å². The molecule has 3 aromatic heterocycles. The number of hydrogen-bond acceptors (Lipinski definition) is 10. The molecule has 0 radical (unpaired) electrons. The number of hydrogen-bond donors (Lipinski definition) is 0. The van der Waals surface area contributed by atoms with E-state index in [1.165, 1.54) is 33.3 Å². The Morgan fingerprint density at radius 2 is 1.36 bits per heavy atom. The number of rotatable bonds is 4. The van der Waals surface area contributed by atoms with E-state index in [0.717, 1.165) is 11.1 Å². The zero-order valence-electron chi connectivity index (χ0n) is 26.4. The number of methoxy groups -OCH3 is 4. The molecule has 1 spiro atoms. The molecule has 0 saturated heterocycles. The number of aromatic nitrogens is 3. The molecule has 3 aliphatic rings. The third-order valence-corrected chi connectivity index (χ3v) is 9.96. The van der Waals surface area contributed by atoms with E-state index < -0.39 is 17.1 Å². The van der Waals surface area contributed by atoms with Gasteiger partial charge in [-0.3, -0.25) is 19.6 Å². The van der Waals surface area contributed by atoms with E-state index in [1.54, 1.807) is 31.6 Å². The Balaban J connectivity index is 1.63. The third-order valence-electron chi connectivity index (χ3n) is 9.96. The Labute approximate surface area is 268 Å². The first kappa shape index (κ1) is 27.3. The predicted molar refractivity (Wildman–Crippen MR) is 177 cm³/mol. The predicted octanol–water partition coefficient (Wildman–Crippen LogP) is 5.57. The van der Waals surface area contributed by atoms with Crippen LogP contribution in [-0.4, -0.2) is 69.2 Å². The van der Waals surface area contributed by atoms with Crippen molar-refractivity contribution < 1.29 is 28.5 Å².